The van der Waals surface area contributed by atoms with Crippen molar-refractivity contribution in [2.24, 2.45) is 9.98 Å². The van der Waals surface area contributed by atoms with Gasteiger partial charge in [0.15, 0.2) is 11.7 Å². The normalized spacial score (nSPS) is 17.7. The zero-order valence-electron chi connectivity index (χ0n) is 35.7. The molecule has 6 heteroatoms. The number of rotatable bonds is 6. The van der Waals surface area contributed by atoms with E-state index in [1.165, 1.54) is 32.3 Å². The lowest BCUT2D eigenvalue weighted by molar-refractivity contribution is 0.338. The molecule has 0 radical (unpaired) electrons. The first kappa shape index (κ1) is 37.6. The van der Waals surface area contributed by atoms with Crippen LogP contribution in [0.15, 0.2) is 168 Å². The Morgan fingerprint density at radius 2 is 0.700 bits per heavy atom. The minimum Gasteiger partial charge on any atom is -0.317 e. The van der Waals surface area contributed by atoms with Gasteiger partial charge < -0.3 is 9.80 Å². The van der Waals surface area contributed by atoms with Crippen molar-refractivity contribution in [3.8, 4) is 22.3 Å². The molecule has 6 aromatic carbocycles. The van der Waals surface area contributed by atoms with Crippen LogP contribution in [-0.2, 0) is 0 Å². The Bertz CT molecular complexity index is 2790. The lowest BCUT2D eigenvalue weighted by atomic mass is 9.83. The first-order chi connectivity index (χ1) is 28.7. The number of hydrogen-bond acceptors (Lipinski definition) is 6. The molecule has 2 aromatic heterocycles. The predicted octanol–water partition coefficient (Wildman–Crippen LogP) is 12.9. The fraction of sp³-hybridized carbons (Fsp3) is 0.222. The number of aliphatic imine (C=N–C) groups is 2. The van der Waals surface area contributed by atoms with E-state index in [2.05, 4.69) is 211 Å². The molecule has 4 heterocycles. The molecule has 10 rings (SSSR count). The van der Waals surface area contributed by atoms with Gasteiger partial charge in [0.2, 0.25) is 0 Å². The molecule has 0 atom stereocenters. The van der Waals surface area contributed by atoms with Gasteiger partial charge in [-0.05, 0) is 147 Å². The van der Waals surface area contributed by atoms with Crippen LogP contribution in [0.5, 0.6) is 0 Å². The van der Waals surface area contributed by atoms with Gasteiger partial charge in [-0.1, -0.05) is 97.1 Å². The van der Waals surface area contributed by atoms with E-state index in [0.29, 0.717) is 0 Å². The fourth-order valence-electron chi connectivity index (χ4n) is 9.08. The predicted molar refractivity (Wildman–Crippen MR) is 253 cm³/mol. The van der Waals surface area contributed by atoms with Crippen molar-refractivity contribution in [1.82, 2.24) is 9.97 Å². The maximum absolute atomic E-state index is 5.25. The zero-order valence-corrected chi connectivity index (χ0v) is 35.7. The van der Waals surface area contributed by atoms with Crippen molar-refractivity contribution in [2.75, 3.05) is 9.80 Å². The molecular weight excluding hydrogens is 733 g/mol. The summed E-state index contributed by atoms with van der Waals surface area (Å²) in [5.74, 6) is 1.80. The summed E-state index contributed by atoms with van der Waals surface area (Å²) in [6, 6.07) is 52.1. The summed E-state index contributed by atoms with van der Waals surface area (Å²) in [7, 11) is 0. The molecule has 0 bridgehead atoms. The van der Waals surface area contributed by atoms with Crippen molar-refractivity contribution in [3.05, 3.63) is 169 Å². The number of hydrogen-bond donors (Lipinski definition) is 0. The van der Waals surface area contributed by atoms with E-state index in [1.807, 2.05) is 12.4 Å². The third-order valence-corrected chi connectivity index (χ3v) is 13.8. The average Bonchev–Trinajstić information content (AvgIpc) is 3.58. The fourth-order valence-corrected chi connectivity index (χ4v) is 9.08. The lowest BCUT2D eigenvalue weighted by Gasteiger charge is -2.41. The van der Waals surface area contributed by atoms with Crippen LogP contribution in [-0.4, -0.2) is 43.8 Å². The summed E-state index contributed by atoms with van der Waals surface area (Å²) >= 11 is 0. The molecule has 0 N–H and O–H groups in total. The van der Waals surface area contributed by atoms with Crippen LogP contribution in [0.2, 0.25) is 0 Å². The van der Waals surface area contributed by atoms with E-state index < -0.39 is 0 Å². The van der Waals surface area contributed by atoms with Gasteiger partial charge in [0.1, 0.15) is 11.4 Å². The van der Waals surface area contributed by atoms with Crippen molar-refractivity contribution in [3.63, 3.8) is 0 Å². The van der Waals surface area contributed by atoms with Crippen molar-refractivity contribution >= 4 is 55.4 Å². The number of aromatic nitrogens is 2. The van der Waals surface area contributed by atoms with Crippen LogP contribution in [0.3, 0.4) is 0 Å². The second kappa shape index (κ2) is 13.4. The summed E-state index contributed by atoms with van der Waals surface area (Å²) in [5.41, 5.74) is 7.31. The molecule has 8 aromatic rings. The molecule has 0 unspecified atom stereocenters. The van der Waals surface area contributed by atoms with Gasteiger partial charge in [0, 0.05) is 34.9 Å². The molecule has 0 fully saturated rings. The van der Waals surface area contributed by atoms with Crippen LogP contribution < -0.4 is 9.80 Å². The van der Waals surface area contributed by atoms with Gasteiger partial charge >= 0.3 is 0 Å². The third kappa shape index (κ3) is 5.76. The van der Waals surface area contributed by atoms with E-state index >= 15 is 0 Å². The summed E-state index contributed by atoms with van der Waals surface area (Å²) < 4.78 is 0. The highest BCUT2D eigenvalue weighted by Gasteiger charge is 2.51. The van der Waals surface area contributed by atoms with Gasteiger partial charge in [-0.15, -0.1) is 0 Å². The summed E-state index contributed by atoms with van der Waals surface area (Å²) in [6.07, 6.45) is 3.99. The molecule has 296 valence electrons. The van der Waals surface area contributed by atoms with Crippen molar-refractivity contribution < 1.29 is 0 Å². The average molecular weight is 783 g/mol. The van der Waals surface area contributed by atoms with Gasteiger partial charge in [0.05, 0.1) is 22.2 Å². The maximum Gasteiger partial charge on any atom is 0.155 e. The van der Waals surface area contributed by atoms with E-state index in [4.69, 9.17) is 20.0 Å². The molecule has 2 aliphatic rings. The number of para-hydroxylation sites is 2. The smallest absolute Gasteiger partial charge is 0.155 e. The number of anilines is 2. The minimum absolute atomic E-state index is 0.236. The van der Waals surface area contributed by atoms with Crippen molar-refractivity contribution in [2.45, 2.75) is 77.5 Å². The standard InChI is InChI=1S/C54H50N6/c1-51(2)53(5,6)59(39-17-11-9-12-18-39)49(57-51)47-29-25-37(33-55-47)35-23-27-43-44-28-24-36(32-46(44)42-22-16-15-21-41(42)45(43)31-35)38-26-30-48(56-34-38)50-58-52(3,4)54(7,8)60(50)40-19-13-10-14-20-40/h9-34H,1-8H3. The highest BCUT2D eigenvalue weighted by Crippen LogP contribution is 2.44. The molecule has 6 nitrogen and oxygen atoms in total. The maximum atomic E-state index is 5.25. The summed E-state index contributed by atoms with van der Waals surface area (Å²) in [5, 5.41) is 7.36. The first-order valence-electron chi connectivity index (χ1n) is 21.0. The second-order valence-corrected chi connectivity index (χ2v) is 18.4. The second-order valence-electron chi connectivity index (χ2n) is 18.4. The molecule has 0 spiro atoms. The van der Waals surface area contributed by atoms with Crippen LogP contribution in [0.4, 0.5) is 11.4 Å². The monoisotopic (exact) mass is 782 g/mol. The molecule has 2 aliphatic heterocycles. The van der Waals surface area contributed by atoms with Gasteiger partial charge in [-0.2, -0.15) is 0 Å². The molecule has 0 saturated heterocycles. The Morgan fingerprint density at radius 3 is 1.07 bits per heavy atom. The summed E-state index contributed by atoms with van der Waals surface area (Å²) in [6.45, 7) is 17.9. The van der Waals surface area contributed by atoms with E-state index in [0.717, 1.165) is 56.7 Å². The molecule has 0 amide bonds. The SMILES string of the molecule is CC1(C)N=C(c2ccc(-c3ccc4c5ccc(-c6ccc(C7=NC(C)(C)C(C)(C)N7c7ccccc7)nc6)cc5c5ccccc5c4c3)cn2)N(c2ccccc2)C1(C)C. The van der Waals surface area contributed by atoms with Gasteiger partial charge in [0.25, 0.3) is 0 Å². The Hall–Kier alpha value is -6.66. The Balaban J connectivity index is 0.994. The quantitative estimate of drug-likeness (QED) is 0.158. The highest BCUT2D eigenvalue weighted by molar-refractivity contribution is 6.26. The van der Waals surface area contributed by atoms with Crippen LogP contribution in [0.25, 0.3) is 54.6 Å². The number of fused-ring (bicyclic) bond motifs is 6. The summed E-state index contributed by atoms with van der Waals surface area (Å²) in [4.78, 5) is 25.3. The first-order valence-corrected chi connectivity index (χ1v) is 21.0. The topological polar surface area (TPSA) is 57.0 Å². The van der Waals surface area contributed by atoms with Crippen LogP contribution >= 0.6 is 0 Å². The van der Waals surface area contributed by atoms with Crippen molar-refractivity contribution in [1.29, 1.82) is 0 Å². The molecular formula is C54H50N6. The Labute approximate surface area is 353 Å². The number of amidine groups is 2. The lowest BCUT2D eigenvalue weighted by Crippen LogP contribution is -2.53. The Morgan fingerprint density at radius 1 is 0.350 bits per heavy atom. The van der Waals surface area contributed by atoms with Gasteiger partial charge in [-0.25, -0.2) is 0 Å². The number of benzene rings is 6. The number of pyridine rings is 2. The third-order valence-electron chi connectivity index (χ3n) is 13.8. The van der Waals surface area contributed by atoms with E-state index in [9.17, 15) is 0 Å². The molecule has 0 saturated carbocycles. The molecule has 0 aliphatic carbocycles. The van der Waals surface area contributed by atoms with Crippen LogP contribution in [0.1, 0.15) is 66.8 Å². The van der Waals surface area contributed by atoms with Gasteiger partial charge in [-0.3, -0.25) is 20.0 Å². The highest BCUT2D eigenvalue weighted by atomic mass is 15.4. The largest absolute Gasteiger partial charge is 0.317 e. The van der Waals surface area contributed by atoms with E-state index in [-0.39, 0.29) is 22.2 Å². The van der Waals surface area contributed by atoms with E-state index in [1.54, 1.807) is 0 Å². The Kier molecular flexibility index (Phi) is 8.42. The van der Waals surface area contributed by atoms with Crippen LogP contribution in [0, 0.1) is 0 Å². The zero-order chi connectivity index (χ0) is 41.6. The number of nitrogens with zero attached hydrogens (tertiary/aromatic N) is 6. The molecule has 60 heavy (non-hydrogen) atoms. The minimum atomic E-state index is -0.297.